The molecule has 0 amide bonds. The molecule has 1 aromatic rings. The van der Waals surface area contributed by atoms with Crippen molar-refractivity contribution < 1.29 is 9.94 Å². The van der Waals surface area contributed by atoms with Crippen molar-refractivity contribution in [1.29, 1.82) is 0 Å². The minimum atomic E-state index is 0.0452. The van der Waals surface area contributed by atoms with Crippen LogP contribution in [0.5, 0.6) is 0 Å². The molecule has 5 nitrogen and oxygen atoms in total. The van der Waals surface area contributed by atoms with Crippen LogP contribution in [-0.2, 0) is 4.74 Å². The van der Waals surface area contributed by atoms with Gasteiger partial charge in [-0.3, -0.25) is 0 Å². The molecule has 5 heteroatoms. The highest BCUT2D eigenvalue weighted by molar-refractivity contribution is 5.80. The Morgan fingerprint density at radius 1 is 1.47 bits per heavy atom. The van der Waals surface area contributed by atoms with Gasteiger partial charge in [-0.2, -0.15) is 0 Å². The number of amidine groups is 1. The Morgan fingerprint density at radius 3 is 2.89 bits per heavy atom. The molecule has 2 unspecified atom stereocenters. The number of oxime groups is 1. The van der Waals surface area contributed by atoms with Gasteiger partial charge in [0, 0.05) is 25.1 Å². The highest BCUT2D eigenvalue weighted by Crippen LogP contribution is 2.19. The maximum atomic E-state index is 8.75. The van der Waals surface area contributed by atoms with Gasteiger partial charge in [0.05, 0.1) is 6.61 Å². The minimum absolute atomic E-state index is 0.0452. The Morgan fingerprint density at radius 2 is 2.26 bits per heavy atom. The second-order valence-electron chi connectivity index (χ2n) is 4.84. The van der Waals surface area contributed by atoms with Crippen molar-refractivity contribution in [3.63, 3.8) is 0 Å². The Labute approximate surface area is 113 Å². The van der Waals surface area contributed by atoms with Gasteiger partial charge in [-0.1, -0.05) is 35.5 Å². The van der Waals surface area contributed by atoms with Crippen molar-refractivity contribution in [2.24, 2.45) is 10.9 Å². The number of rotatable bonds is 5. The first kappa shape index (κ1) is 13.8. The summed E-state index contributed by atoms with van der Waals surface area (Å²) in [5.41, 5.74) is 6.78. The van der Waals surface area contributed by atoms with E-state index in [1.54, 1.807) is 0 Å². The Hall–Kier alpha value is -1.59. The molecule has 1 aliphatic rings. The van der Waals surface area contributed by atoms with Crippen molar-refractivity contribution in [3.05, 3.63) is 35.9 Å². The number of hydrogen-bond donors (Lipinski definition) is 3. The fourth-order valence-corrected chi connectivity index (χ4v) is 2.36. The zero-order valence-electron chi connectivity index (χ0n) is 11.0. The van der Waals surface area contributed by atoms with E-state index in [9.17, 15) is 0 Å². The number of nitrogens with one attached hydrogen (secondary N) is 1. The Balaban J connectivity index is 2.05. The van der Waals surface area contributed by atoms with Gasteiger partial charge in [0.15, 0.2) is 0 Å². The summed E-state index contributed by atoms with van der Waals surface area (Å²) < 4.78 is 5.48. The third-order valence-electron chi connectivity index (χ3n) is 3.34. The highest BCUT2D eigenvalue weighted by atomic mass is 16.5. The van der Waals surface area contributed by atoms with Crippen LogP contribution in [0.15, 0.2) is 35.5 Å². The third kappa shape index (κ3) is 4.22. The Bertz CT molecular complexity index is 402. The molecule has 1 aromatic carbocycles. The lowest BCUT2D eigenvalue weighted by molar-refractivity contribution is 0.0665. The predicted molar refractivity (Wildman–Crippen MR) is 74.2 cm³/mol. The topological polar surface area (TPSA) is 79.9 Å². The number of hydrogen-bond acceptors (Lipinski definition) is 4. The average molecular weight is 263 g/mol. The molecular formula is C14H21N3O2. The zero-order valence-corrected chi connectivity index (χ0v) is 11.0. The van der Waals surface area contributed by atoms with E-state index in [2.05, 4.69) is 10.5 Å². The molecule has 1 heterocycles. The molecule has 1 fully saturated rings. The third-order valence-corrected chi connectivity index (χ3v) is 3.34. The van der Waals surface area contributed by atoms with Crippen LogP contribution < -0.4 is 11.1 Å². The van der Waals surface area contributed by atoms with Gasteiger partial charge < -0.3 is 21.0 Å². The maximum absolute atomic E-state index is 8.75. The second kappa shape index (κ2) is 7.11. The first-order valence-electron chi connectivity index (χ1n) is 6.64. The van der Waals surface area contributed by atoms with Crippen molar-refractivity contribution in [1.82, 2.24) is 5.32 Å². The van der Waals surface area contributed by atoms with E-state index >= 15 is 0 Å². The van der Waals surface area contributed by atoms with Crippen LogP contribution in [0.1, 0.15) is 30.9 Å². The van der Waals surface area contributed by atoms with Gasteiger partial charge in [-0.25, -0.2) is 0 Å². The van der Waals surface area contributed by atoms with Crippen LogP contribution in [-0.4, -0.2) is 30.3 Å². The van der Waals surface area contributed by atoms with E-state index in [1.807, 2.05) is 30.3 Å². The van der Waals surface area contributed by atoms with E-state index < -0.39 is 0 Å². The summed E-state index contributed by atoms with van der Waals surface area (Å²) in [6, 6.07) is 10.4. The molecule has 19 heavy (non-hydrogen) atoms. The molecule has 2 rings (SSSR count). The molecule has 0 spiro atoms. The van der Waals surface area contributed by atoms with Gasteiger partial charge >= 0.3 is 0 Å². The molecule has 0 bridgehead atoms. The molecule has 0 radical (unpaired) electrons. The van der Waals surface area contributed by atoms with E-state index in [-0.39, 0.29) is 11.9 Å². The van der Waals surface area contributed by atoms with Crippen molar-refractivity contribution in [3.8, 4) is 0 Å². The lowest BCUT2D eigenvalue weighted by Gasteiger charge is -2.28. The van der Waals surface area contributed by atoms with Crippen LogP contribution >= 0.6 is 0 Å². The monoisotopic (exact) mass is 263 g/mol. The van der Waals surface area contributed by atoms with Gasteiger partial charge in [0.2, 0.25) is 0 Å². The van der Waals surface area contributed by atoms with Crippen molar-refractivity contribution in [2.45, 2.75) is 31.3 Å². The normalized spacial score (nSPS) is 22.1. The quantitative estimate of drug-likeness (QED) is 0.326. The van der Waals surface area contributed by atoms with E-state index in [4.69, 9.17) is 15.7 Å². The van der Waals surface area contributed by atoms with Gasteiger partial charge in [0.1, 0.15) is 5.84 Å². The zero-order chi connectivity index (χ0) is 13.5. The molecule has 2 atom stereocenters. The Kier molecular flexibility index (Phi) is 5.18. The average Bonchev–Trinajstić information content (AvgIpc) is 2.48. The smallest absolute Gasteiger partial charge is 0.141 e. The number of nitrogens with zero attached hydrogens (tertiary/aromatic N) is 1. The molecule has 4 N–H and O–H groups in total. The van der Waals surface area contributed by atoms with Crippen molar-refractivity contribution >= 4 is 5.84 Å². The van der Waals surface area contributed by atoms with Gasteiger partial charge in [-0.05, 0) is 18.4 Å². The SMILES string of the molecule is NC(CC(NC1CCCOC1)c1ccccc1)=NO. The summed E-state index contributed by atoms with van der Waals surface area (Å²) in [4.78, 5) is 0. The lowest BCUT2D eigenvalue weighted by Crippen LogP contribution is -2.40. The lowest BCUT2D eigenvalue weighted by atomic mass is 10.0. The second-order valence-corrected chi connectivity index (χ2v) is 4.84. The van der Waals surface area contributed by atoms with Crippen LogP contribution in [0.2, 0.25) is 0 Å². The molecule has 0 saturated carbocycles. The largest absolute Gasteiger partial charge is 0.409 e. The summed E-state index contributed by atoms with van der Waals surface area (Å²) >= 11 is 0. The molecule has 0 aromatic heterocycles. The summed E-state index contributed by atoms with van der Waals surface area (Å²) in [7, 11) is 0. The minimum Gasteiger partial charge on any atom is -0.409 e. The highest BCUT2D eigenvalue weighted by Gasteiger charge is 2.20. The number of nitrogens with two attached hydrogens (primary N) is 1. The molecule has 0 aliphatic carbocycles. The summed E-state index contributed by atoms with van der Waals surface area (Å²) in [5.74, 6) is 0.234. The molecule has 1 aliphatic heterocycles. The van der Waals surface area contributed by atoms with Crippen LogP contribution in [0, 0.1) is 0 Å². The van der Waals surface area contributed by atoms with Crippen LogP contribution in [0.4, 0.5) is 0 Å². The standard InChI is InChI=1S/C14H21N3O2/c15-14(17-18)9-13(11-5-2-1-3-6-11)16-12-7-4-8-19-10-12/h1-3,5-6,12-13,16,18H,4,7-10H2,(H2,15,17). The van der Waals surface area contributed by atoms with Crippen LogP contribution in [0.25, 0.3) is 0 Å². The van der Waals surface area contributed by atoms with Crippen molar-refractivity contribution in [2.75, 3.05) is 13.2 Å². The predicted octanol–water partition coefficient (Wildman–Crippen LogP) is 1.63. The molecular weight excluding hydrogens is 242 g/mol. The van der Waals surface area contributed by atoms with Gasteiger partial charge in [-0.15, -0.1) is 0 Å². The van der Waals surface area contributed by atoms with Gasteiger partial charge in [0.25, 0.3) is 0 Å². The maximum Gasteiger partial charge on any atom is 0.141 e. The molecule has 104 valence electrons. The fraction of sp³-hybridized carbons (Fsp3) is 0.500. The van der Waals surface area contributed by atoms with Crippen LogP contribution in [0.3, 0.4) is 0 Å². The number of ether oxygens (including phenoxy) is 1. The van der Waals surface area contributed by atoms with E-state index in [0.29, 0.717) is 12.5 Å². The fourth-order valence-electron chi connectivity index (χ4n) is 2.36. The first-order valence-corrected chi connectivity index (χ1v) is 6.64. The summed E-state index contributed by atoms with van der Waals surface area (Å²) in [6.07, 6.45) is 2.65. The first-order chi connectivity index (χ1) is 9.29. The molecule has 1 saturated heterocycles. The summed E-state index contributed by atoms with van der Waals surface area (Å²) in [6.45, 7) is 1.56. The number of benzene rings is 1. The van der Waals surface area contributed by atoms with E-state index in [1.165, 1.54) is 0 Å². The van der Waals surface area contributed by atoms with E-state index in [0.717, 1.165) is 31.6 Å². The summed E-state index contributed by atoms with van der Waals surface area (Å²) in [5, 5.41) is 15.4.